The highest BCUT2D eigenvalue weighted by Gasteiger charge is 2.16. The Morgan fingerprint density at radius 3 is 2.08 bits per heavy atom. The van der Waals surface area contributed by atoms with E-state index >= 15 is 0 Å². The van der Waals surface area contributed by atoms with E-state index in [0.717, 1.165) is 16.9 Å². The summed E-state index contributed by atoms with van der Waals surface area (Å²) in [7, 11) is 5.79. The van der Waals surface area contributed by atoms with Crippen LogP contribution in [0.1, 0.15) is 12.5 Å². The number of hydrogen-bond donors (Lipinski definition) is 0. The van der Waals surface area contributed by atoms with Crippen LogP contribution in [0.4, 0.5) is 11.4 Å². The van der Waals surface area contributed by atoms with Gasteiger partial charge in [0.05, 0.1) is 12.3 Å². The van der Waals surface area contributed by atoms with Crippen molar-refractivity contribution < 1.29 is 9.53 Å². The molecule has 5 nitrogen and oxygen atoms in total. The van der Waals surface area contributed by atoms with Gasteiger partial charge in [-0.3, -0.25) is 5.01 Å². The molecule has 0 saturated heterocycles. The Morgan fingerprint density at radius 2 is 1.54 bits per heavy atom. The number of ether oxygens (including phenoxy) is 1. The normalized spacial score (nSPS) is 11.1. The predicted molar refractivity (Wildman–Crippen MR) is 98.8 cm³/mol. The second-order valence-electron chi connectivity index (χ2n) is 5.47. The number of carbonyl (C=O) groups excluding carboxylic acids is 1. The molecule has 2 aromatic rings. The number of rotatable bonds is 6. The summed E-state index contributed by atoms with van der Waals surface area (Å²) in [4.78, 5) is 14.3. The van der Waals surface area contributed by atoms with Gasteiger partial charge in [0.25, 0.3) is 0 Å². The van der Waals surface area contributed by atoms with Crippen LogP contribution in [0.25, 0.3) is 0 Å². The molecule has 0 atom stereocenters. The number of hydrazone groups is 1. The van der Waals surface area contributed by atoms with Crippen LogP contribution in [0.3, 0.4) is 0 Å². The Balaban J connectivity index is 2.32. The fraction of sp³-hybridized carbons (Fsp3) is 0.263. The summed E-state index contributed by atoms with van der Waals surface area (Å²) in [6.07, 6.45) is 0. The molecular weight excluding hydrogens is 302 g/mol. The second-order valence-corrected chi connectivity index (χ2v) is 5.47. The van der Waals surface area contributed by atoms with Crippen molar-refractivity contribution in [1.82, 2.24) is 0 Å². The highest BCUT2D eigenvalue weighted by molar-refractivity contribution is 6.43. The van der Waals surface area contributed by atoms with Gasteiger partial charge in [0.1, 0.15) is 0 Å². The summed E-state index contributed by atoms with van der Waals surface area (Å²) in [5, 5.41) is 6.15. The van der Waals surface area contributed by atoms with E-state index in [1.807, 2.05) is 80.6 Å². The molecule has 0 saturated carbocycles. The van der Waals surface area contributed by atoms with E-state index in [4.69, 9.17) is 4.74 Å². The predicted octanol–water partition coefficient (Wildman–Crippen LogP) is 3.16. The number of benzene rings is 2. The maximum atomic E-state index is 12.3. The molecule has 0 bridgehead atoms. The van der Waals surface area contributed by atoms with Crippen LogP contribution in [-0.4, -0.2) is 39.4 Å². The van der Waals surface area contributed by atoms with Crippen LogP contribution < -0.4 is 9.91 Å². The first-order chi connectivity index (χ1) is 11.5. The molecule has 0 aliphatic heterocycles. The number of hydrogen-bond acceptors (Lipinski definition) is 5. The van der Waals surface area contributed by atoms with E-state index in [1.54, 1.807) is 11.9 Å². The summed E-state index contributed by atoms with van der Waals surface area (Å²) < 4.78 is 5.14. The minimum absolute atomic E-state index is 0.289. The van der Waals surface area contributed by atoms with Gasteiger partial charge in [-0.05, 0) is 31.2 Å². The number of carbonyl (C=O) groups is 1. The molecule has 0 aliphatic carbocycles. The van der Waals surface area contributed by atoms with Crippen molar-refractivity contribution in [3.05, 3.63) is 60.2 Å². The third-order valence-electron chi connectivity index (χ3n) is 3.51. The molecule has 0 fully saturated rings. The quantitative estimate of drug-likeness (QED) is 0.465. The van der Waals surface area contributed by atoms with Gasteiger partial charge >= 0.3 is 5.97 Å². The van der Waals surface area contributed by atoms with Crippen molar-refractivity contribution >= 4 is 23.1 Å². The van der Waals surface area contributed by atoms with E-state index in [0.29, 0.717) is 6.61 Å². The number of anilines is 2. The molecule has 0 heterocycles. The van der Waals surface area contributed by atoms with Crippen LogP contribution >= 0.6 is 0 Å². The number of nitrogens with zero attached hydrogens (tertiary/aromatic N) is 3. The minimum Gasteiger partial charge on any atom is -0.461 e. The topological polar surface area (TPSA) is 45.1 Å². The molecule has 0 radical (unpaired) electrons. The van der Waals surface area contributed by atoms with E-state index in [9.17, 15) is 4.79 Å². The smallest absolute Gasteiger partial charge is 0.359 e. The summed E-state index contributed by atoms with van der Waals surface area (Å²) in [6.45, 7) is 2.09. The van der Waals surface area contributed by atoms with E-state index in [1.165, 1.54) is 0 Å². The molecular formula is C19H23N3O2. The van der Waals surface area contributed by atoms with Crippen molar-refractivity contribution in [3.8, 4) is 0 Å². The average Bonchev–Trinajstić information content (AvgIpc) is 2.60. The summed E-state index contributed by atoms with van der Waals surface area (Å²) in [5.74, 6) is -0.430. The van der Waals surface area contributed by atoms with Crippen LogP contribution in [-0.2, 0) is 9.53 Å². The first-order valence-electron chi connectivity index (χ1n) is 7.85. The Morgan fingerprint density at radius 1 is 0.958 bits per heavy atom. The molecule has 126 valence electrons. The number of esters is 1. The molecule has 2 aromatic carbocycles. The van der Waals surface area contributed by atoms with Crippen LogP contribution in [0.5, 0.6) is 0 Å². The van der Waals surface area contributed by atoms with Gasteiger partial charge in [-0.15, -0.1) is 0 Å². The zero-order valence-corrected chi connectivity index (χ0v) is 14.6. The van der Waals surface area contributed by atoms with Crippen LogP contribution in [0.15, 0.2) is 59.7 Å². The third kappa shape index (κ3) is 4.35. The van der Waals surface area contributed by atoms with E-state index < -0.39 is 5.97 Å². The maximum absolute atomic E-state index is 12.3. The lowest BCUT2D eigenvalue weighted by Gasteiger charge is -2.18. The molecule has 5 heteroatoms. The van der Waals surface area contributed by atoms with E-state index in [2.05, 4.69) is 5.10 Å². The van der Waals surface area contributed by atoms with Crippen molar-refractivity contribution in [2.24, 2.45) is 5.10 Å². The first-order valence-corrected chi connectivity index (χ1v) is 7.85. The molecule has 0 N–H and O–H groups in total. The molecule has 2 rings (SSSR count). The van der Waals surface area contributed by atoms with Gasteiger partial charge < -0.3 is 9.64 Å². The standard InChI is InChI=1S/C19H23N3O2/c1-5-24-19(23)18(15-9-7-6-8-10-15)20-22(4)17-13-11-16(12-14-17)21(2)3/h6-14H,5H2,1-4H3/b20-18-. The molecule has 0 unspecified atom stereocenters. The highest BCUT2D eigenvalue weighted by atomic mass is 16.5. The molecule has 24 heavy (non-hydrogen) atoms. The van der Waals surface area contributed by atoms with Gasteiger partial charge in [0.2, 0.25) is 0 Å². The van der Waals surface area contributed by atoms with Crippen LogP contribution in [0, 0.1) is 0 Å². The summed E-state index contributed by atoms with van der Waals surface area (Å²) >= 11 is 0. The van der Waals surface area contributed by atoms with Gasteiger partial charge in [0, 0.05) is 32.4 Å². The first kappa shape index (κ1) is 17.5. The average molecular weight is 325 g/mol. The fourth-order valence-electron chi connectivity index (χ4n) is 2.19. The lowest BCUT2D eigenvalue weighted by molar-refractivity contribution is -0.134. The monoisotopic (exact) mass is 325 g/mol. The zero-order chi connectivity index (χ0) is 17.5. The van der Waals surface area contributed by atoms with Crippen molar-refractivity contribution in [2.45, 2.75) is 6.92 Å². The Labute approximate surface area is 143 Å². The summed E-state index contributed by atoms with van der Waals surface area (Å²) in [6, 6.07) is 17.3. The lowest BCUT2D eigenvalue weighted by atomic mass is 10.1. The third-order valence-corrected chi connectivity index (χ3v) is 3.51. The van der Waals surface area contributed by atoms with Gasteiger partial charge in [-0.2, -0.15) is 5.10 Å². The molecule has 0 aliphatic rings. The Bertz CT molecular complexity index is 694. The van der Waals surface area contributed by atoms with Crippen molar-refractivity contribution in [1.29, 1.82) is 0 Å². The van der Waals surface area contributed by atoms with Crippen LogP contribution in [0.2, 0.25) is 0 Å². The Kier molecular flexibility index (Phi) is 5.95. The highest BCUT2D eigenvalue weighted by Crippen LogP contribution is 2.19. The summed E-state index contributed by atoms with van der Waals surface area (Å²) in [5.41, 5.74) is 3.01. The Hall–Kier alpha value is -2.82. The SMILES string of the molecule is CCOC(=O)/C(=N\N(C)c1ccc(N(C)C)cc1)c1ccccc1. The van der Waals surface area contributed by atoms with Crippen molar-refractivity contribution in [3.63, 3.8) is 0 Å². The minimum atomic E-state index is -0.430. The van der Waals surface area contributed by atoms with Gasteiger partial charge in [-0.1, -0.05) is 30.3 Å². The zero-order valence-electron chi connectivity index (χ0n) is 14.6. The molecule has 0 amide bonds. The van der Waals surface area contributed by atoms with Gasteiger partial charge in [-0.25, -0.2) is 4.79 Å². The maximum Gasteiger partial charge on any atom is 0.359 e. The van der Waals surface area contributed by atoms with Crippen molar-refractivity contribution in [2.75, 3.05) is 37.7 Å². The lowest BCUT2D eigenvalue weighted by Crippen LogP contribution is -2.23. The molecule has 0 aromatic heterocycles. The molecule has 0 spiro atoms. The second kappa shape index (κ2) is 8.15. The van der Waals surface area contributed by atoms with E-state index in [-0.39, 0.29) is 5.71 Å². The largest absolute Gasteiger partial charge is 0.461 e. The fourth-order valence-corrected chi connectivity index (χ4v) is 2.19. The van der Waals surface area contributed by atoms with Gasteiger partial charge in [0.15, 0.2) is 5.71 Å².